The van der Waals surface area contributed by atoms with E-state index >= 15 is 0 Å². The van der Waals surface area contributed by atoms with Gasteiger partial charge in [-0.2, -0.15) is 0 Å². The number of nitrogens with zero attached hydrogens (tertiary/aromatic N) is 2. The molecule has 0 saturated carbocycles. The maximum Gasteiger partial charge on any atom is 0.226 e. The van der Waals surface area contributed by atoms with Crippen molar-refractivity contribution >= 4 is 0 Å². The van der Waals surface area contributed by atoms with Crippen LogP contribution in [0, 0.1) is 6.07 Å². The molecule has 0 unspecified atom stereocenters. The van der Waals surface area contributed by atoms with Crippen molar-refractivity contribution in [2.75, 3.05) is 0 Å². The molecule has 150 valence electrons. The van der Waals surface area contributed by atoms with Gasteiger partial charge in [0.25, 0.3) is 0 Å². The zero-order valence-electron chi connectivity index (χ0n) is 16.7. The Morgan fingerprint density at radius 3 is 2.24 bits per heavy atom. The third kappa shape index (κ3) is 3.10. The number of oxazole rings is 2. The van der Waals surface area contributed by atoms with Crippen molar-refractivity contribution in [1.29, 1.82) is 0 Å². The quantitative estimate of drug-likeness (QED) is 0.255. The normalized spacial score (nSPS) is 15.9. The molecule has 8 bridgehead atoms. The van der Waals surface area contributed by atoms with Crippen LogP contribution < -0.4 is 0 Å². The van der Waals surface area contributed by atoms with E-state index in [0.29, 0.717) is 11.8 Å². The minimum Gasteiger partial charge on any atom is -0.488 e. The molecule has 1 aliphatic heterocycles. The maximum absolute atomic E-state index is 5.87. The second kappa shape index (κ2) is 6.81. The zero-order chi connectivity index (χ0) is 19.5. The summed E-state index contributed by atoms with van der Waals surface area (Å²) in [5.41, 5.74) is 4.97. The van der Waals surface area contributed by atoms with Crippen LogP contribution in [0.5, 0.6) is 0 Å². The van der Waals surface area contributed by atoms with Gasteiger partial charge in [-0.3, -0.25) is 4.98 Å². The number of benzene rings is 2. The first-order chi connectivity index (χ1) is 13.4. The minimum atomic E-state index is -0.367. The summed E-state index contributed by atoms with van der Waals surface area (Å²) >= 11 is 0. The van der Waals surface area contributed by atoms with E-state index < -0.39 is 0 Å². The Bertz CT molecular complexity index is 1090. The zero-order valence-corrected chi connectivity index (χ0v) is 19.0. The van der Waals surface area contributed by atoms with Crippen molar-refractivity contribution in [3.8, 4) is 22.9 Å². The van der Waals surface area contributed by atoms with Crippen molar-refractivity contribution in [2.24, 2.45) is 0 Å². The van der Waals surface area contributed by atoms with Gasteiger partial charge in [0.2, 0.25) is 5.89 Å². The molecule has 0 fully saturated rings. The van der Waals surface area contributed by atoms with Gasteiger partial charge < -0.3 is 8.83 Å². The maximum atomic E-state index is 5.87. The summed E-state index contributed by atoms with van der Waals surface area (Å²) in [5, 5.41) is 0. The van der Waals surface area contributed by atoms with Crippen molar-refractivity contribution in [2.45, 2.75) is 38.5 Å². The van der Waals surface area contributed by atoms with Crippen LogP contribution in [0.25, 0.3) is 22.9 Å². The van der Waals surface area contributed by atoms with Crippen LogP contribution in [0.1, 0.15) is 50.2 Å². The van der Waals surface area contributed by atoms with E-state index in [-0.39, 0.29) is 31.9 Å². The van der Waals surface area contributed by atoms with E-state index in [0.717, 1.165) is 33.6 Å². The number of fused-ring (bicyclic) bond motifs is 10. The Kier molecular flexibility index (Phi) is 4.66. The van der Waals surface area contributed by atoms with Gasteiger partial charge >= 0.3 is 0 Å². The fourth-order valence-electron chi connectivity index (χ4n) is 3.66. The van der Waals surface area contributed by atoms with Gasteiger partial charge in [0.05, 0.1) is 11.4 Å². The van der Waals surface area contributed by atoms with E-state index in [2.05, 4.69) is 52.0 Å². The van der Waals surface area contributed by atoms with Crippen LogP contribution in [-0.4, -0.2) is 9.97 Å². The van der Waals surface area contributed by atoms with Crippen molar-refractivity contribution in [1.82, 2.24) is 9.97 Å². The molecular weight excluding hydrogens is 543 g/mol. The third-order valence-electron chi connectivity index (χ3n) is 5.82. The summed E-state index contributed by atoms with van der Waals surface area (Å²) < 4.78 is 11.7. The molecule has 0 spiro atoms. The van der Waals surface area contributed by atoms with E-state index in [9.17, 15) is 0 Å². The smallest absolute Gasteiger partial charge is 0.226 e. The first-order valence-electron chi connectivity index (χ1n) is 9.42. The van der Waals surface area contributed by atoms with E-state index in [1.165, 1.54) is 0 Å². The van der Waals surface area contributed by atoms with E-state index in [1.54, 1.807) is 12.5 Å². The van der Waals surface area contributed by atoms with Gasteiger partial charge in [-0.05, 0) is 17.7 Å². The SMILES string of the molecule is CC1(C)c2[c-]c(ccc2)-c2nc(co2)C(C)(C)c2cccc(c2)-c2nc1co2.[Pt]. The molecule has 0 atom stereocenters. The summed E-state index contributed by atoms with van der Waals surface area (Å²) in [6.07, 6.45) is 3.49. The van der Waals surface area contributed by atoms with Crippen molar-refractivity contribution < 1.29 is 29.9 Å². The minimum absolute atomic E-state index is 0. The molecule has 3 heterocycles. The number of hydrogen-bond acceptors (Lipinski definition) is 4. The van der Waals surface area contributed by atoms with Gasteiger partial charge in [-0.15, -0.1) is 29.8 Å². The fraction of sp³-hybridized carbons (Fsp3) is 0.250. The molecule has 1 aliphatic rings. The molecule has 0 saturated heterocycles. The number of aromatic nitrogens is 2. The van der Waals surface area contributed by atoms with Gasteiger partial charge in [0.1, 0.15) is 18.4 Å². The van der Waals surface area contributed by atoms with Crippen LogP contribution in [0.3, 0.4) is 0 Å². The second-order valence-electron chi connectivity index (χ2n) is 8.38. The van der Waals surface area contributed by atoms with E-state index in [1.807, 2.05) is 24.3 Å². The molecule has 0 radical (unpaired) electrons. The first kappa shape index (κ1) is 19.8. The van der Waals surface area contributed by atoms with Gasteiger partial charge in [0, 0.05) is 37.5 Å². The van der Waals surface area contributed by atoms with Crippen molar-refractivity contribution in [3.63, 3.8) is 0 Å². The molecule has 5 heteroatoms. The Labute approximate surface area is 184 Å². The van der Waals surface area contributed by atoms with Crippen LogP contribution in [0.2, 0.25) is 0 Å². The predicted octanol–water partition coefficient (Wildman–Crippen LogP) is 5.76. The Balaban J connectivity index is 0.00000205. The summed E-state index contributed by atoms with van der Waals surface area (Å²) in [6.45, 7) is 8.53. The molecule has 2 aromatic carbocycles. The largest absolute Gasteiger partial charge is 0.488 e. The summed E-state index contributed by atoms with van der Waals surface area (Å²) in [7, 11) is 0. The summed E-state index contributed by atoms with van der Waals surface area (Å²) in [4.78, 5) is 9.62. The Morgan fingerprint density at radius 1 is 0.793 bits per heavy atom. The fourth-order valence-corrected chi connectivity index (χ4v) is 3.66. The molecule has 0 amide bonds. The topological polar surface area (TPSA) is 52.1 Å². The predicted molar refractivity (Wildman–Crippen MR) is 107 cm³/mol. The molecule has 0 N–H and O–H groups in total. The standard InChI is InChI=1S/C24H21N2O2.Pt/c1-23(2)17-9-5-7-15(11-17)22-26-20(14-28-22)24(3,4)18-10-6-8-16(12-18)21-25-19(23)13-27-21;/h5-11,13-14H,1-4H3;/q-1;. The first-order valence-corrected chi connectivity index (χ1v) is 9.42. The molecule has 4 nitrogen and oxygen atoms in total. The van der Waals surface area contributed by atoms with Gasteiger partial charge in [0.15, 0.2) is 0 Å². The number of rotatable bonds is 0. The third-order valence-corrected chi connectivity index (χ3v) is 5.82. The Hall–Kier alpha value is -2.45. The summed E-state index contributed by atoms with van der Waals surface area (Å²) in [5.74, 6) is 1.20. The second-order valence-corrected chi connectivity index (χ2v) is 8.38. The molecule has 0 aliphatic carbocycles. The van der Waals surface area contributed by atoms with Crippen molar-refractivity contribution in [3.05, 3.63) is 83.6 Å². The average Bonchev–Trinajstić information content (AvgIpc) is 3.38. The van der Waals surface area contributed by atoms with E-state index in [4.69, 9.17) is 18.8 Å². The van der Waals surface area contributed by atoms with Crippen LogP contribution in [0.15, 0.2) is 63.8 Å². The van der Waals surface area contributed by atoms with Crippen LogP contribution in [-0.2, 0) is 31.9 Å². The van der Waals surface area contributed by atoms with Gasteiger partial charge in [-0.1, -0.05) is 45.4 Å². The Morgan fingerprint density at radius 2 is 1.45 bits per heavy atom. The monoisotopic (exact) mass is 564 g/mol. The summed E-state index contributed by atoms with van der Waals surface area (Å²) in [6, 6.07) is 17.8. The van der Waals surface area contributed by atoms with Crippen LogP contribution in [0.4, 0.5) is 0 Å². The molecule has 29 heavy (non-hydrogen) atoms. The van der Waals surface area contributed by atoms with Gasteiger partial charge in [-0.25, -0.2) is 4.98 Å². The molecular formula is C24H21N2O2Pt-. The molecule has 4 aromatic rings. The molecule has 5 rings (SSSR count). The molecule has 2 aromatic heterocycles. The van der Waals surface area contributed by atoms with Crippen LogP contribution >= 0.6 is 0 Å². The average molecular weight is 565 g/mol. The number of hydrogen-bond donors (Lipinski definition) is 0.